The molecule has 1 heterocycles. The Morgan fingerprint density at radius 1 is 1.47 bits per heavy atom. The number of amides is 1. The number of rotatable bonds is 3. The summed E-state index contributed by atoms with van der Waals surface area (Å²) in [6.45, 7) is 1.65. The maximum absolute atomic E-state index is 13.3. The van der Waals surface area contributed by atoms with E-state index in [0.29, 0.717) is 13.2 Å². The molecule has 1 aliphatic heterocycles. The third-order valence-electron chi connectivity index (χ3n) is 2.69. The first-order valence-corrected chi connectivity index (χ1v) is 5.71. The van der Waals surface area contributed by atoms with E-state index in [4.69, 9.17) is 4.74 Å². The van der Waals surface area contributed by atoms with Gasteiger partial charge in [-0.05, 0) is 6.07 Å². The topological polar surface area (TPSA) is 50.4 Å². The van der Waals surface area contributed by atoms with Crippen molar-refractivity contribution in [1.29, 1.82) is 0 Å². The predicted octanol–water partition coefficient (Wildman–Crippen LogP) is 0.991. The van der Waals surface area contributed by atoms with Crippen molar-refractivity contribution in [3.63, 3.8) is 0 Å². The summed E-state index contributed by atoms with van der Waals surface area (Å²) in [7, 11) is 0. The van der Waals surface area contributed by atoms with Gasteiger partial charge in [-0.1, -0.05) is 6.07 Å². The number of hydrogen-bond acceptors (Lipinski definition) is 3. The predicted molar refractivity (Wildman–Crippen MR) is 68.1 cm³/mol. The number of carbonyl (C=O) groups excluding carboxylic acids is 1. The van der Waals surface area contributed by atoms with Crippen molar-refractivity contribution in [3.05, 3.63) is 35.4 Å². The lowest BCUT2D eigenvalue weighted by Crippen LogP contribution is -2.47. The molecule has 1 fully saturated rings. The van der Waals surface area contributed by atoms with Crippen LogP contribution in [-0.2, 0) is 16.1 Å². The van der Waals surface area contributed by atoms with Crippen LogP contribution in [0.25, 0.3) is 0 Å². The Kier molecular flexibility index (Phi) is 6.14. The second-order valence-electron chi connectivity index (χ2n) is 4.02. The molecule has 1 aromatic carbocycles. The highest BCUT2D eigenvalue weighted by Gasteiger charge is 2.21. The zero-order valence-electron chi connectivity index (χ0n) is 10.1. The van der Waals surface area contributed by atoms with Gasteiger partial charge in [0.05, 0.1) is 6.61 Å². The van der Waals surface area contributed by atoms with Gasteiger partial charge in [0.1, 0.15) is 17.7 Å². The Bertz CT molecular complexity index is 440. The van der Waals surface area contributed by atoms with E-state index in [2.05, 4.69) is 10.6 Å². The van der Waals surface area contributed by atoms with E-state index in [1.807, 2.05) is 0 Å². The molecule has 0 bridgehead atoms. The van der Waals surface area contributed by atoms with Crippen LogP contribution in [0.4, 0.5) is 8.78 Å². The molecule has 4 nitrogen and oxygen atoms in total. The molecule has 2 N–H and O–H groups in total. The summed E-state index contributed by atoms with van der Waals surface area (Å²) in [5.41, 5.74) is 0.244. The van der Waals surface area contributed by atoms with E-state index in [-0.39, 0.29) is 30.4 Å². The van der Waals surface area contributed by atoms with E-state index in [9.17, 15) is 13.6 Å². The van der Waals surface area contributed by atoms with E-state index >= 15 is 0 Å². The fraction of sp³-hybridized carbons (Fsp3) is 0.417. The molecule has 106 valence electrons. The summed E-state index contributed by atoms with van der Waals surface area (Å²) in [6.07, 6.45) is -0.553. The highest BCUT2D eigenvalue weighted by atomic mass is 35.5. The van der Waals surface area contributed by atoms with Gasteiger partial charge in [-0.3, -0.25) is 4.79 Å². The summed E-state index contributed by atoms with van der Waals surface area (Å²) >= 11 is 0. The van der Waals surface area contributed by atoms with Crippen molar-refractivity contribution in [2.75, 3.05) is 19.7 Å². The van der Waals surface area contributed by atoms with Gasteiger partial charge >= 0.3 is 0 Å². The van der Waals surface area contributed by atoms with Gasteiger partial charge in [0.2, 0.25) is 0 Å². The van der Waals surface area contributed by atoms with E-state index in [1.165, 1.54) is 6.07 Å². The molecular formula is C12H15ClF2N2O2. The van der Waals surface area contributed by atoms with Crippen LogP contribution in [0.5, 0.6) is 0 Å². The van der Waals surface area contributed by atoms with Crippen LogP contribution in [-0.4, -0.2) is 31.7 Å². The molecule has 0 radical (unpaired) electrons. The SMILES string of the molecule is Cl.O=C(NCc1ccc(F)cc1F)C1CNCCO1. The quantitative estimate of drug-likeness (QED) is 0.874. The Hall–Kier alpha value is -1.24. The summed E-state index contributed by atoms with van der Waals surface area (Å²) in [5, 5.41) is 5.59. The lowest BCUT2D eigenvalue weighted by Gasteiger charge is -2.22. The van der Waals surface area contributed by atoms with Gasteiger partial charge < -0.3 is 15.4 Å². The van der Waals surface area contributed by atoms with Crippen molar-refractivity contribution in [1.82, 2.24) is 10.6 Å². The summed E-state index contributed by atoms with van der Waals surface area (Å²) in [6, 6.07) is 3.26. The number of benzene rings is 1. The molecule has 1 atom stereocenters. The number of nitrogens with one attached hydrogen (secondary N) is 2. The first-order chi connectivity index (χ1) is 8.66. The first kappa shape index (κ1) is 15.8. The van der Waals surface area contributed by atoms with E-state index in [0.717, 1.165) is 18.7 Å². The van der Waals surface area contributed by atoms with E-state index < -0.39 is 17.7 Å². The van der Waals surface area contributed by atoms with Crippen LogP contribution in [0.2, 0.25) is 0 Å². The average molecular weight is 293 g/mol. The Balaban J connectivity index is 0.00000180. The van der Waals surface area contributed by atoms with Gasteiger partial charge in [0.15, 0.2) is 0 Å². The smallest absolute Gasteiger partial charge is 0.250 e. The second kappa shape index (κ2) is 7.37. The Morgan fingerprint density at radius 2 is 2.26 bits per heavy atom. The van der Waals surface area contributed by atoms with E-state index in [1.54, 1.807) is 0 Å². The third-order valence-corrected chi connectivity index (χ3v) is 2.69. The Labute approximate surface area is 115 Å². The fourth-order valence-corrected chi connectivity index (χ4v) is 1.70. The molecule has 0 aromatic heterocycles. The lowest BCUT2D eigenvalue weighted by atomic mass is 10.2. The van der Waals surface area contributed by atoms with Gasteiger partial charge in [-0.15, -0.1) is 12.4 Å². The van der Waals surface area contributed by atoms with Gasteiger partial charge in [-0.2, -0.15) is 0 Å². The normalized spacial score (nSPS) is 18.5. The maximum Gasteiger partial charge on any atom is 0.250 e. The minimum Gasteiger partial charge on any atom is -0.366 e. The molecule has 1 unspecified atom stereocenters. The van der Waals surface area contributed by atoms with Crippen molar-refractivity contribution < 1.29 is 18.3 Å². The van der Waals surface area contributed by atoms with Crippen molar-refractivity contribution in [2.45, 2.75) is 12.6 Å². The van der Waals surface area contributed by atoms with Gasteiger partial charge in [0.25, 0.3) is 5.91 Å². The summed E-state index contributed by atoms with van der Waals surface area (Å²) in [5.74, 6) is -1.61. The van der Waals surface area contributed by atoms with Gasteiger partial charge in [-0.25, -0.2) is 8.78 Å². The highest BCUT2D eigenvalue weighted by Crippen LogP contribution is 2.09. The number of carbonyl (C=O) groups is 1. The molecule has 1 amide bonds. The molecule has 0 spiro atoms. The zero-order valence-corrected chi connectivity index (χ0v) is 10.9. The molecule has 1 aromatic rings. The molecule has 1 aliphatic rings. The van der Waals surface area contributed by atoms with Crippen molar-refractivity contribution in [3.8, 4) is 0 Å². The molecule has 1 saturated heterocycles. The highest BCUT2D eigenvalue weighted by molar-refractivity contribution is 5.85. The minimum atomic E-state index is -0.669. The summed E-state index contributed by atoms with van der Waals surface area (Å²) in [4.78, 5) is 11.7. The van der Waals surface area contributed by atoms with Crippen LogP contribution >= 0.6 is 12.4 Å². The van der Waals surface area contributed by atoms with Gasteiger partial charge in [0, 0.05) is 31.3 Å². The zero-order chi connectivity index (χ0) is 13.0. The molecule has 0 saturated carbocycles. The number of hydrogen-bond donors (Lipinski definition) is 2. The van der Waals surface area contributed by atoms with Crippen molar-refractivity contribution in [2.24, 2.45) is 0 Å². The Morgan fingerprint density at radius 3 is 2.89 bits per heavy atom. The molecule has 7 heteroatoms. The number of morpholine rings is 1. The van der Waals surface area contributed by atoms with Crippen molar-refractivity contribution >= 4 is 18.3 Å². The van der Waals surface area contributed by atoms with Crippen LogP contribution in [0.1, 0.15) is 5.56 Å². The standard InChI is InChI=1S/C12H14F2N2O2.ClH/c13-9-2-1-8(10(14)5-9)6-16-12(17)11-7-15-3-4-18-11;/h1-2,5,11,15H,3-4,6-7H2,(H,16,17);1H. The number of ether oxygens (including phenoxy) is 1. The van der Waals surface area contributed by atoms with Crippen LogP contribution in [0.15, 0.2) is 18.2 Å². The maximum atomic E-state index is 13.3. The molecule has 2 rings (SSSR count). The second-order valence-corrected chi connectivity index (χ2v) is 4.02. The largest absolute Gasteiger partial charge is 0.366 e. The van der Waals surface area contributed by atoms with Crippen LogP contribution in [0, 0.1) is 11.6 Å². The average Bonchev–Trinajstić information content (AvgIpc) is 2.38. The molecular weight excluding hydrogens is 278 g/mol. The molecule has 0 aliphatic carbocycles. The van der Waals surface area contributed by atoms with Crippen LogP contribution < -0.4 is 10.6 Å². The third kappa shape index (κ3) is 4.41. The first-order valence-electron chi connectivity index (χ1n) is 5.71. The summed E-state index contributed by atoms with van der Waals surface area (Å²) < 4.78 is 31.2. The van der Waals surface area contributed by atoms with Crippen LogP contribution in [0.3, 0.4) is 0 Å². The molecule has 19 heavy (non-hydrogen) atoms. The lowest BCUT2D eigenvalue weighted by molar-refractivity contribution is -0.134. The minimum absolute atomic E-state index is 0. The monoisotopic (exact) mass is 292 g/mol. The number of halogens is 3. The fourth-order valence-electron chi connectivity index (χ4n) is 1.70.